The molecule has 1 amide bonds. The first-order chi connectivity index (χ1) is 13.0. The number of nitrogen functional groups attached to an aromatic ring is 1. The van der Waals surface area contributed by atoms with Crippen molar-refractivity contribution in [3.05, 3.63) is 58.3 Å². The second kappa shape index (κ2) is 7.40. The summed E-state index contributed by atoms with van der Waals surface area (Å²) in [6.07, 6.45) is 1.69. The summed E-state index contributed by atoms with van der Waals surface area (Å²) in [5.74, 6) is -0.563. The molecule has 0 spiro atoms. The Morgan fingerprint density at radius 2 is 1.89 bits per heavy atom. The molecule has 2 aromatic carbocycles. The van der Waals surface area contributed by atoms with Crippen molar-refractivity contribution in [2.75, 3.05) is 5.73 Å². The van der Waals surface area contributed by atoms with Crippen LogP contribution in [0.4, 0.5) is 5.69 Å². The quantitative estimate of drug-likeness (QED) is 0.387. The molecule has 0 aliphatic carbocycles. The number of amides is 1. The molecule has 0 aliphatic rings. The van der Waals surface area contributed by atoms with Crippen molar-refractivity contribution >= 4 is 49.3 Å². The van der Waals surface area contributed by atoms with E-state index in [9.17, 15) is 4.79 Å². The fourth-order valence-corrected chi connectivity index (χ4v) is 3.58. The van der Waals surface area contributed by atoms with E-state index in [4.69, 9.17) is 11.5 Å². The summed E-state index contributed by atoms with van der Waals surface area (Å²) in [5.41, 5.74) is 17.0. The Bertz CT molecular complexity index is 1160. The fourth-order valence-electron chi connectivity index (χ4n) is 3.22. The SMILES string of the molecule is CC.Cc1c(N)cccc1-c1cnc(C(N)=O)c2[nH]c3cc(Br)ccc3c12. The second-order valence-corrected chi connectivity index (χ2v) is 6.89. The van der Waals surface area contributed by atoms with Gasteiger partial charge < -0.3 is 16.5 Å². The molecule has 0 bridgehead atoms. The number of benzene rings is 2. The van der Waals surface area contributed by atoms with Crippen molar-refractivity contribution in [2.45, 2.75) is 20.8 Å². The zero-order valence-corrected chi connectivity index (χ0v) is 17.0. The molecular formula is C21H21BrN4O. The molecule has 0 saturated heterocycles. The van der Waals surface area contributed by atoms with Gasteiger partial charge in [-0.2, -0.15) is 0 Å². The van der Waals surface area contributed by atoms with E-state index in [-0.39, 0.29) is 5.69 Å². The van der Waals surface area contributed by atoms with Crippen LogP contribution in [0, 0.1) is 6.92 Å². The molecule has 138 valence electrons. The number of nitrogens with two attached hydrogens (primary N) is 2. The maximum atomic E-state index is 11.8. The van der Waals surface area contributed by atoms with E-state index in [0.29, 0.717) is 11.2 Å². The van der Waals surface area contributed by atoms with Crippen molar-refractivity contribution in [3.8, 4) is 11.1 Å². The number of carbonyl (C=O) groups excluding carboxylic acids is 1. The summed E-state index contributed by atoms with van der Waals surface area (Å²) in [5, 5.41) is 1.92. The van der Waals surface area contributed by atoms with Crippen LogP contribution in [0.1, 0.15) is 29.9 Å². The van der Waals surface area contributed by atoms with E-state index in [2.05, 4.69) is 25.9 Å². The van der Waals surface area contributed by atoms with E-state index in [0.717, 1.165) is 37.5 Å². The molecule has 4 aromatic rings. The van der Waals surface area contributed by atoms with Crippen LogP contribution >= 0.6 is 15.9 Å². The van der Waals surface area contributed by atoms with Gasteiger partial charge in [0.05, 0.1) is 5.52 Å². The third kappa shape index (κ3) is 3.17. The Kier molecular flexibility index (Phi) is 5.19. The molecule has 5 nitrogen and oxygen atoms in total. The molecule has 0 unspecified atom stereocenters. The van der Waals surface area contributed by atoms with Crippen LogP contribution in [-0.2, 0) is 0 Å². The zero-order valence-electron chi connectivity index (χ0n) is 15.4. The number of nitrogens with zero attached hydrogens (tertiary/aromatic N) is 1. The number of primary amides is 1. The molecule has 5 N–H and O–H groups in total. The standard InChI is InChI=1S/C19H15BrN4O.C2H6/c1-9-11(3-2-4-14(9)21)13-8-23-18(19(22)25)17-16(13)12-6-5-10(20)7-15(12)24-17;1-2/h2-8,24H,21H2,1H3,(H2,22,25);1-2H3. The average molecular weight is 425 g/mol. The van der Waals surface area contributed by atoms with Crippen molar-refractivity contribution < 1.29 is 4.79 Å². The number of aromatic nitrogens is 2. The van der Waals surface area contributed by atoms with Gasteiger partial charge in [-0.3, -0.25) is 4.79 Å². The van der Waals surface area contributed by atoms with E-state index < -0.39 is 5.91 Å². The predicted octanol–water partition coefficient (Wildman–Crippen LogP) is 5.16. The smallest absolute Gasteiger partial charge is 0.269 e. The van der Waals surface area contributed by atoms with Crippen LogP contribution in [0.25, 0.3) is 32.9 Å². The fraction of sp³-hybridized carbons (Fsp3) is 0.143. The van der Waals surface area contributed by atoms with Crippen LogP contribution < -0.4 is 11.5 Å². The molecule has 2 aromatic heterocycles. The van der Waals surface area contributed by atoms with Crippen molar-refractivity contribution in [3.63, 3.8) is 0 Å². The lowest BCUT2D eigenvalue weighted by atomic mass is 9.96. The van der Waals surface area contributed by atoms with Gasteiger partial charge >= 0.3 is 0 Å². The lowest BCUT2D eigenvalue weighted by molar-refractivity contribution is 0.0997. The average Bonchev–Trinajstić information content (AvgIpc) is 3.03. The van der Waals surface area contributed by atoms with Crippen LogP contribution in [-0.4, -0.2) is 15.9 Å². The lowest BCUT2D eigenvalue weighted by Crippen LogP contribution is -2.13. The van der Waals surface area contributed by atoms with Gasteiger partial charge in [-0.15, -0.1) is 0 Å². The summed E-state index contributed by atoms with van der Waals surface area (Å²) >= 11 is 3.48. The summed E-state index contributed by atoms with van der Waals surface area (Å²) in [7, 11) is 0. The number of nitrogens with one attached hydrogen (secondary N) is 1. The summed E-state index contributed by atoms with van der Waals surface area (Å²) in [6, 6.07) is 11.7. The normalized spacial score (nSPS) is 10.7. The van der Waals surface area contributed by atoms with Crippen LogP contribution in [0.15, 0.2) is 47.1 Å². The molecule has 2 heterocycles. The first kappa shape index (κ1) is 18.9. The van der Waals surface area contributed by atoms with Crippen molar-refractivity contribution in [2.24, 2.45) is 5.73 Å². The minimum atomic E-state index is -0.563. The molecule has 0 fully saturated rings. The number of fused-ring (bicyclic) bond motifs is 3. The third-order valence-corrected chi connectivity index (χ3v) is 4.98. The number of H-pyrrole nitrogens is 1. The Hall–Kier alpha value is -2.86. The Balaban J connectivity index is 0.00000102. The van der Waals surface area contributed by atoms with Crippen LogP contribution in [0.2, 0.25) is 0 Å². The highest BCUT2D eigenvalue weighted by molar-refractivity contribution is 9.10. The molecule has 0 saturated carbocycles. The van der Waals surface area contributed by atoms with E-state index in [1.165, 1.54) is 0 Å². The maximum absolute atomic E-state index is 11.8. The van der Waals surface area contributed by atoms with E-state index >= 15 is 0 Å². The Labute approximate surface area is 165 Å². The van der Waals surface area contributed by atoms with Crippen molar-refractivity contribution in [1.29, 1.82) is 0 Å². The number of aromatic amines is 1. The van der Waals surface area contributed by atoms with E-state index in [1.807, 2.05) is 57.2 Å². The molecule has 0 radical (unpaired) electrons. The highest BCUT2D eigenvalue weighted by Gasteiger charge is 2.19. The van der Waals surface area contributed by atoms with Gasteiger partial charge in [-0.05, 0) is 36.2 Å². The first-order valence-electron chi connectivity index (χ1n) is 8.72. The number of pyridine rings is 1. The number of carbonyl (C=O) groups is 1. The Morgan fingerprint density at radius 3 is 2.59 bits per heavy atom. The zero-order chi connectivity index (χ0) is 19.7. The highest BCUT2D eigenvalue weighted by Crippen LogP contribution is 2.38. The third-order valence-electron chi connectivity index (χ3n) is 4.49. The predicted molar refractivity (Wildman–Crippen MR) is 116 cm³/mol. The number of halogens is 1. The van der Waals surface area contributed by atoms with Gasteiger partial charge in [0.1, 0.15) is 0 Å². The number of anilines is 1. The topological polar surface area (TPSA) is 97.8 Å². The second-order valence-electron chi connectivity index (χ2n) is 5.97. The summed E-state index contributed by atoms with van der Waals surface area (Å²) < 4.78 is 0.946. The first-order valence-corrected chi connectivity index (χ1v) is 9.52. The number of hydrogen-bond donors (Lipinski definition) is 3. The summed E-state index contributed by atoms with van der Waals surface area (Å²) in [6.45, 7) is 5.98. The van der Waals surface area contributed by atoms with Gasteiger partial charge in [0, 0.05) is 38.2 Å². The highest BCUT2D eigenvalue weighted by atomic mass is 79.9. The van der Waals surface area contributed by atoms with Gasteiger partial charge in [0.25, 0.3) is 5.91 Å². The van der Waals surface area contributed by atoms with Crippen LogP contribution in [0.3, 0.4) is 0 Å². The van der Waals surface area contributed by atoms with Gasteiger partial charge in [0.15, 0.2) is 5.69 Å². The van der Waals surface area contributed by atoms with Crippen LogP contribution in [0.5, 0.6) is 0 Å². The molecule has 0 aliphatic heterocycles. The van der Waals surface area contributed by atoms with Gasteiger partial charge in [0.2, 0.25) is 0 Å². The molecule has 4 rings (SSSR count). The van der Waals surface area contributed by atoms with E-state index in [1.54, 1.807) is 6.20 Å². The minimum Gasteiger partial charge on any atom is -0.398 e. The molecule has 0 atom stereocenters. The van der Waals surface area contributed by atoms with Gasteiger partial charge in [-0.1, -0.05) is 48.0 Å². The Morgan fingerprint density at radius 1 is 1.15 bits per heavy atom. The monoisotopic (exact) mass is 424 g/mol. The molecule has 6 heteroatoms. The largest absolute Gasteiger partial charge is 0.398 e. The van der Waals surface area contributed by atoms with Crippen molar-refractivity contribution in [1.82, 2.24) is 9.97 Å². The number of hydrogen-bond acceptors (Lipinski definition) is 3. The summed E-state index contributed by atoms with van der Waals surface area (Å²) in [4.78, 5) is 19.4. The van der Waals surface area contributed by atoms with Gasteiger partial charge in [-0.25, -0.2) is 4.98 Å². The minimum absolute atomic E-state index is 0.229. The lowest BCUT2D eigenvalue weighted by Gasteiger charge is -2.11. The number of rotatable bonds is 2. The molecular weight excluding hydrogens is 404 g/mol. The molecule has 27 heavy (non-hydrogen) atoms. The maximum Gasteiger partial charge on any atom is 0.269 e.